The molecule has 0 saturated heterocycles. The summed E-state index contributed by atoms with van der Waals surface area (Å²) in [5.74, 6) is 0. The normalized spacial score (nSPS) is 11.1. The Labute approximate surface area is 98.1 Å². The van der Waals surface area contributed by atoms with Crippen LogP contribution in [-0.4, -0.2) is 4.57 Å². The summed E-state index contributed by atoms with van der Waals surface area (Å²) < 4.78 is 7.44. The van der Waals surface area contributed by atoms with Gasteiger partial charge in [-0.2, -0.15) is 0 Å². The Morgan fingerprint density at radius 2 is 1.94 bits per heavy atom. The van der Waals surface area contributed by atoms with Gasteiger partial charge in [0.2, 0.25) is 0 Å². The van der Waals surface area contributed by atoms with Crippen molar-refractivity contribution >= 4 is 22.6 Å². The Hall–Kier alpha value is -1.67. The van der Waals surface area contributed by atoms with Crippen LogP contribution >= 0.6 is 11.6 Å². The third-order valence-corrected chi connectivity index (χ3v) is 3.02. The van der Waals surface area contributed by atoms with E-state index in [4.69, 9.17) is 16.0 Å². The first-order valence-electron chi connectivity index (χ1n) is 5.06. The van der Waals surface area contributed by atoms with E-state index < -0.39 is 0 Å². The number of aromatic nitrogens is 1. The number of aryl methyl sites for hydroxylation is 1. The first kappa shape index (κ1) is 9.55. The summed E-state index contributed by atoms with van der Waals surface area (Å²) in [6, 6.07) is 7.84. The fourth-order valence-corrected chi connectivity index (χ4v) is 2.12. The van der Waals surface area contributed by atoms with Crippen LogP contribution in [0.1, 0.15) is 5.56 Å². The molecule has 0 saturated carbocycles. The fourth-order valence-electron chi connectivity index (χ4n) is 1.86. The Balaban J connectivity index is 2.30. The lowest BCUT2D eigenvalue weighted by Crippen LogP contribution is -1.90. The van der Waals surface area contributed by atoms with Crippen molar-refractivity contribution in [2.45, 2.75) is 6.92 Å². The minimum absolute atomic E-state index is 0.730. The van der Waals surface area contributed by atoms with E-state index in [0.717, 1.165) is 27.2 Å². The highest BCUT2D eigenvalue weighted by Crippen LogP contribution is 2.29. The molecule has 0 amide bonds. The Kier molecular flexibility index (Phi) is 2.04. The molecule has 80 valence electrons. The lowest BCUT2D eigenvalue weighted by Gasteiger charge is -2.05. The van der Waals surface area contributed by atoms with Gasteiger partial charge in [-0.05, 0) is 30.7 Å². The molecule has 1 aromatic carbocycles. The van der Waals surface area contributed by atoms with E-state index >= 15 is 0 Å². The summed E-state index contributed by atoms with van der Waals surface area (Å²) in [4.78, 5) is 0. The van der Waals surface area contributed by atoms with E-state index in [0.29, 0.717) is 0 Å². The van der Waals surface area contributed by atoms with Crippen LogP contribution in [0, 0.1) is 6.92 Å². The van der Waals surface area contributed by atoms with Gasteiger partial charge >= 0.3 is 0 Å². The molecule has 0 bridgehead atoms. The highest BCUT2D eigenvalue weighted by molar-refractivity contribution is 6.33. The predicted octanol–water partition coefficient (Wildman–Crippen LogP) is 4.19. The van der Waals surface area contributed by atoms with Gasteiger partial charge in [0, 0.05) is 23.8 Å². The van der Waals surface area contributed by atoms with Gasteiger partial charge < -0.3 is 8.98 Å². The summed E-state index contributed by atoms with van der Waals surface area (Å²) in [7, 11) is 0. The molecule has 0 radical (unpaired) electrons. The molecule has 0 aliphatic heterocycles. The first-order chi connectivity index (χ1) is 7.75. The molecule has 3 rings (SSSR count). The molecular weight excluding hydrogens is 222 g/mol. The van der Waals surface area contributed by atoms with Gasteiger partial charge in [0.15, 0.2) is 0 Å². The molecule has 0 unspecified atom stereocenters. The Morgan fingerprint density at radius 1 is 1.19 bits per heavy atom. The zero-order chi connectivity index (χ0) is 11.1. The average molecular weight is 232 g/mol. The number of nitrogens with zero attached hydrogens (tertiary/aromatic N) is 1. The van der Waals surface area contributed by atoms with E-state index in [9.17, 15) is 0 Å². The van der Waals surface area contributed by atoms with Crippen molar-refractivity contribution in [3.05, 3.63) is 53.5 Å². The maximum Gasteiger partial charge on any atom is 0.136 e. The van der Waals surface area contributed by atoms with Crippen molar-refractivity contribution in [1.29, 1.82) is 0 Å². The van der Waals surface area contributed by atoms with Gasteiger partial charge in [-0.3, -0.25) is 0 Å². The first-order valence-corrected chi connectivity index (χ1v) is 5.44. The van der Waals surface area contributed by atoms with Crippen LogP contribution in [0.3, 0.4) is 0 Å². The number of hydrogen-bond donors (Lipinski definition) is 0. The van der Waals surface area contributed by atoms with Crippen molar-refractivity contribution in [2.75, 3.05) is 0 Å². The molecule has 0 fully saturated rings. The third-order valence-electron chi connectivity index (χ3n) is 2.72. The van der Waals surface area contributed by atoms with Crippen LogP contribution in [0.4, 0.5) is 0 Å². The van der Waals surface area contributed by atoms with Gasteiger partial charge in [-0.1, -0.05) is 11.6 Å². The molecule has 0 N–H and O–H groups in total. The molecule has 16 heavy (non-hydrogen) atoms. The number of benzene rings is 1. The van der Waals surface area contributed by atoms with Crippen molar-refractivity contribution in [1.82, 2.24) is 4.57 Å². The van der Waals surface area contributed by atoms with E-state index in [1.165, 1.54) is 0 Å². The van der Waals surface area contributed by atoms with Gasteiger partial charge in [0.05, 0.1) is 17.0 Å². The standard InChI is InChI=1S/C13H10ClNO/c1-9-8-16-13-7-12(11(14)6-10(9)13)15-4-2-3-5-15/h2-8H,1H3. The van der Waals surface area contributed by atoms with Gasteiger partial charge in [-0.15, -0.1) is 0 Å². The molecule has 0 aliphatic rings. The minimum atomic E-state index is 0.730. The Bertz CT molecular complexity index is 637. The number of hydrogen-bond acceptors (Lipinski definition) is 1. The second-order valence-corrected chi connectivity index (χ2v) is 4.22. The van der Waals surface area contributed by atoms with Crippen LogP contribution in [0.5, 0.6) is 0 Å². The fraction of sp³-hybridized carbons (Fsp3) is 0.0769. The zero-order valence-electron chi connectivity index (χ0n) is 8.77. The van der Waals surface area contributed by atoms with Crippen LogP contribution in [0.25, 0.3) is 16.7 Å². The maximum absolute atomic E-state index is 6.26. The summed E-state index contributed by atoms with van der Waals surface area (Å²) in [6.45, 7) is 2.01. The predicted molar refractivity (Wildman–Crippen MR) is 65.3 cm³/mol. The van der Waals surface area contributed by atoms with Crippen molar-refractivity contribution in [3.8, 4) is 5.69 Å². The number of fused-ring (bicyclic) bond motifs is 1. The van der Waals surface area contributed by atoms with E-state index in [1.54, 1.807) is 6.26 Å². The molecule has 0 aliphatic carbocycles. The summed E-state index contributed by atoms with van der Waals surface area (Å²) in [5, 5.41) is 1.80. The summed E-state index contributed by atoms with van der Waals surface area (Å²) >= 11 is 6.26. The second kappa shape index (κ2) is 3.42. The van der Waals surface area contributed by atoms with Crippen LogP contribution in [0.15, 0.2) is 47.3 Å². The molecule has 3 aromatic rings. The van der Waals surface area contributed by atoms with Crippen LogP contribution in [-0.2, 0) is 0 Å². The second-order valence-electron chi connectivity index (χ2n) is 3.81. The SMILES string of the molecule is Cc1coc2cc(-n3cccc3)c(Cl)cc12. The smallest absolute Gasteiger partial charge is 0.136 e. The van der Waals surface area contributed by atoms with Gasteiger partial charge in [0.1, 0.15) is 5.58 Å². The molecule has 2 nitrogen and oxygen atoms in total. The summed E-state index contributed by atoms with van der Waals surface area (Å²) in [6.07, 6.45) is 5.67. The molecule has 2 heterocycles. The molecule has 0 atom stereocenters. The maximum atomic E-state index is 6.26. The highest BCUT2D eigenvalue weighted by atomic mass is 35.5. The topological polar surface area (TPSA) is 18.1 Å². The quantitative estimate of drug-likeness (QED) is 0.614. The zero-order valence-corrected chi connectivity index (χ0v) is 9.53. The highest BCUT2D eigenvalue weighted by Gasteiger charge is 2.08. The molecular formula is C13H10ClNO. The van der Waals surface area contributed by atoms with E-state index in [-0.39, 0.29) is 0 Å². The van der Waals surface area contributed by atoms with Gasteiger partial charge in [-0.25, -0.2) is 0 Å². The lowest BCUT2D eigenvalue weighted by molar-refractivity contribution is 0.613. The number of rotatable bonds is 1. The average Bonchev–Trinajstić information content (AvgIpc) is 2.89. The number of furan rings is 1. The van der Waals surface area contributed by atoms with Crippen molar-refractivity contribution in [3.63, 3.8) is 0 Å². The van der Waals surface area contributed by atoms with Gasteiger partial charge in [0.25, 0.3) is 0 Å². The van der Waals surface area contributed by atoms with Crippen LogP contribution in [0.2, 0.25) is 5.02 Å². The molecule has 0 spiro atoms. The van der Waals surface area contributed by atoms with Crippen molar-refractivity contribution < 1.29 is 4.42 Å². The molecule has 3 heteroatoms. The monoisotopic (exact) mass is 231 g/mol. The largest absolute Gasteiger partial charge is 0.464 e. The summed E-state index contributed by atoms with van der Waals surface area (Å²) in [5.41, 5.74) is 2.91. The van der Waals surface area contributed by atoms with Crippen LogP contribution < -0.4 is 0 Å². The third kappa shape index (κ3) is 1.34. The van der Waals surface area contributed by atoms with Crippen molar-refractivity contribution in [2.24, 2.45) is 0 Å². The minimum Gasteiger partial charge on any atom is -0.464 e. The van der Waals surface area contributed by atoms with E-state index in [1.807, 2.05) is 48.1 Å². The Morgan fingerprint density at radius 3 is 2.69 bits per heavy atom. The number of halogens is 1. The van der Waals surface area contributed by atoms with E-state index in [2.05, 4.69) is 0 Å². The molecule has 2 aromatic heterocycles. The lowest BCUT2D eigenvalue weighted by atomic mass is 10.2.